The lowest BCUT2D eigenvalue weighted by Crippen LogP contribution is -2.49. The number of hydrogen-bond acceptors (Lipinski definition) is 8. The van der Waals surface area contributed by atoms with Crippen molar-refractivity contribution in [2.24, 2.45) is 5.73 Å². The first kappa shape index (κ1) is 25.8. The molecule has 182 valence electrons. The molecule has 0 radical (unpaired) electrons. The van der Waals surface area contributed by atoms with Crippen LogP contribution in [0.1, 0.15) is 34.4 Å². The highest BCUT2D eigenvalue weighted by atomic mass is 32.2. The molecular formula is C24H27N7O3S. The minimum atomic E-state index is -1.05. The first-order valence-corrected chi connectivity index (χ1v) is 12.1. The molecule has 2 amide bonds. The van der Waals surface area contributed by atoms with E-state index < -0.39 is 17.3 Å². The molecule has 0 bridgehead atoms. The number of carbonyl (C=O) groups excluding carboxylic acids is 1. The van der Waals surface area contributed by atoms with Crippen molar-refractivity contribution in [2.45, 2.75) is 23.6 Å². The molecule has 2 heterocycles. The Bertz CT molecular complexity index is 1150. The molecule has 10 nitrogen and oxygen atoms in total. The van der Waals surface area contributed by atoms with Crippen LogP contribution in [0.4, 0.5) is 10.6 Å². The number of aromatic nitrogens is 1. The fourth-order valence-corrected chi connectivity index (χ4v) is 5.09. The number of hydrogen-bond donors (Lipinski definition) is 3. The van der Waals surface area contributed by atoms with Gasteiger partial charge in [0.2, 0.25) is 5.91 Å². The van der Waals surface area contributed by atoms with Gasteiger partial charge < -0.3 is 21.1 Å². The van der Waals surface area contributed by atoms with E-state index in [1.807, 2.05) is 30.0 Å². The van der Waals surface area contributed by atoms with Gasteiger partial charge in [-0.05, 0) is 17.5 Å². The number of thioether (sulfide) groups is 1. The summed E-state index contributed by atoms with van der Waals surface area (Å²) in [5.41, 5.74) is 7.68. The van der Waals surface area contributed by atoms with Crippen LogP contribution in [0, 0.1) is 22.7 Å². The van der Waals surface area contributed by atoms with Crippen molar-refractivity contribution >= 4 is 29.6 Å². The van der Waals surface area contributed by atoms with E-state index in [0.29, 0.717) is 78.8 Å². The highest BCUT2D eigenvalue weighted by Crippen LogP contribution is 2.39. The number of nitrogens with one attached hydrogen (secondary N) is 1. The van der Waals surface area contributed by atoms with E-state index in [2.05, 4.69) is 22.4 Å². The Kier molecular flexibility index (Phi) is 8.90. The van der Waals surface area contributed by atoms with Crippen LogP contribution in [0.2, 0.25) is 0 Å². The Labute approximate surface area is 208 Å². The molecule has 1 unspecified atom stereocenters. The fourth-order valence-electron chi connectivity index (χ4n) is 4.03. The topological polar surface area (TPSA) is 159 Å². The Morgan fingerprint density at radius 2 is 1.83 bits per heavy atom. The van der Waals surface area contributed by atoms with Crippen molar-refractivity contribution in [3.63, 3.8) is 0 Å². The summed E-state index contributed by atoms with van der Waals surface area (Å²) in [7, 11) is 0. The lowest BCUT2D eigenvalue weighted by Gasteiger charge is -2.36. The molecule has 0 aliphatic carbocycles. The summed E-state index contributed by atoms with van der Waals surface area (Å²) in [6, 6.07) is 13.5. The molecule has 1 fully saturated rings. The lowest BCUT2D eigenvalue weighted by atomic mass is 10.0. The van der Waals surface area contributed by atoms with E-state index in [-0.39, 0.29) is 0 Å². The highest BCUT2D eigenvalue weighted by Gasteiger charge is 2.28. The van der Waals surface area contributed by atoms with Crippen LogP contribution in [0.15, 0.2) is 35.4 Å². The third-order valence-corrected chi connectivity index (χ3v) is 7.05. The van der Waals surface area contributed by atoms with Crippen LogP contribution in [-0.4, -0.2) is 66.3 Å². The second-order valence-electron chi connectivity index (χ2n) is 7.92. The summed E-state index contributed by atoms with van der Waals surface area (Å²) in [6.45, 7) is 5.33. The molecule has 1 aliphatic heterocycles. The van der Waals surface area contributed by atoms with E-state index in [0.717, 1.165) is 11.8 Å². The Morgan fingerprint density at radius 3 is 2.37 bits per heavy atom. The Balaban J connectivity index is 1.92. The van der Waals surface area contributed by atoms with Gasteiger partial charge in [0, 0.05) is 39.3 Å². The molecule has 3 rings (SSSR count). The zero-order valence-corrected chi connectivity index (χ0v) is 20.2. The predicted molar refractivity (Wildman–Crippen MR) is 132 cm³/mol. The number of pyridine rings is 1. The maximum absolute atomic E-state index is 12.3. The van der Waals surface area contributed by atoms with Crippen LogP contribution in [-0.2, 0) is 11.2 Å². The smallest absolute Gasteiger partial charge is 0.404 e. The SMILES string of the molecule is CCc1c(C#N)c(SC(C(N)=O)c2ccccc2)nc(N2CCN(CCNC(=O)O)CC2)c1C#N. The van der Waals surface area contributed by atoms with Gasteiger partial charge in [-0.1, -0.05) is 49.0 Å². The first-order valence-electron chi connectivity index (χ1n) is 11.2. The second kappa shape index (κ2) is 12.1. The maximum Gasteiger partial charge on any atom is 0.404 e. The van der Waals surface area contributed by atoms with Gasteiger partial charge in [-0.2, -0.15) is 10.5 Å². The van der Waals surface area contributed by atoms with Crippen LogP contribution in [0.25, 0.3) is 0 Å². The lowest BCUT2D eigenvalue weighted by molar-refractivity contribution is -0.117. The third-order valence-electron chi connectivity index (χ3n) is 5.79. The second-order valence-corrected chi connectivity index (χ2v) is 9.01. The molecule has 11 heteroatoms. The van der Waals surface area contributed by atoms with Gasteiger partial charge in [0.1, 0.15) is 28.2 Å². The Hall–Kier alpha value is -3.80. The minimum Gasteiger partial charge on any atom is -0.465 e. The number of piperazine rings is 1. The largest absolute Gasteiger partial charge is 0.465 e. The number of amides is 2. The van der Waals surface area contributed by atoms with Gasteiger partial charge in [-0.15, -0.1) is 0 Å². The molecule has 35 heavy (non-hydrogen) atoms. The summed E-state index contributed by atoms with van der Waals surface area (Å²) >= 11 is 1.12. The molecule has 2 aromatic rings. The zero-order valence-electron chi connectivity index (χ0n) is 19.4. The first-order chi connectivity index (χ1) is 16.9. The van der Waals surface area contributed by atoms with Crippen LogP contribution < -0.4 is 16.0 Å². The Morgan fingerprint density at radius 1 is 1.17 bits per heavy atom. The summed E-state index contributed by atoms with van der Waals surface area (Å²) < 4.78 is 0. The third kappa shape index (κ3) is 6.21. The van der Waals surface area contributed by atoms with Crippen molar-refractivity contribution in [3.8, 4) is 12.1 Å². The molecule has 4 N–H and O–H groups in total. The fraction of sp³-hybridized carbons (Fsp3) is 0.375. The summed E-state index contributed by atoms with van der Waals surface area (Å²) in [6.07, 6.45) is -0.589. The van der Waals surface area contributed by atoms with Crippen molar-refractivity contribution in [1.82, 2.24) is 15.2 Å². The standard InChI is InChI=1S/C24H27N7O3S/c1-2-17-18(14-25)22(31-12-10-30(11-13-31)9-8-28-24(33)34)29-23(19(17)15-26)35-20(21(27)32)16-6-4-3-5-7-16/h3-7,20,28H,2,8-13H2,1H3,(H2,27,32)(H,33,34). The highest BCUT2D eigenvalue weighted by molar-refractivity contribution is 8.00. The molecule has 1 atom stereocenters. The van der Waals surface area contributed by atoms with E-state index in [4.69, 9.17) is 15.8 Å². The van der Waals surface area contributed by atoms with Crippen LogP contribution in [0.5, 0.6) is 0 Å². The normalized spacial score (nSPS) is 14.5. The van der Waals surface area contributed by atoms with Crippen molar-refractivity contribution < 1.29 is 14.7 Å². The van der Waals surface area contributed by atoms with E-state index in [9.17, 15) is 20.1 Å². The number of anilines is 1. The molecule has 1 aromatic heterocycles. The molecule has 0 saturated carbocycles. The van der Waals surface area contributed by atoms with E-state index in [1.165, 1.54) is 0 Å². The molecule has 1 saturated heterocycles. The van der Waals surface area contributed by atoms with Gasteiger partial charge in [-0.3, -0.25) is 9.69 Å². The monoisotopic (exact) mass is 493 g/mol. The molecule has 0 spiro atoms. The van der Waals surface area contributed by atoms with Gasteiger partial charge in [0.15, 0.2) is 0 Å². The number of nitriles is 2. The van der Waals surface area contributed by atoms with Crippen LogP contribution in [0.3, 0.4) is 0 Å². The number of rotatable bonds is 9. The number of nitrogens with zero attached hydrogens (tertiary/aromatic N) is 5. The van der Waals surface area contributed by atoms with Crippen molar-refractivity contribution in [1.29, 1.82) is 10.5 Å². The summed E-state index contributed by atoms with van der Waals surface area (Å²) in [5, 5.41) is 30.6. The van der Waals surface area contributed by atoms with Crippen LogP contribution >= 0.6 is 11.8 Å². The number of carbonyl (C=O) groups is 2. The van der Waals surface area contributed by atoms with E-state index in [1.54, 1.807) is 12.1 Å². The number of carboxylic acid groups (broad SMARTS) is 1. The average Bonchev–Trinajstić information content (AvgIpc) is 2.86. The molecular weight excluding hydrogens is 466 g/mol. The molecule has 1 aromatic carbocycles. The number of benzene rings is 1. The van der Waals surface area contributed by atoms with Gasteiger partial charge >= 0.3 is 6.09 Å². The van der Waals surface area contributed by atoms with Gasteiger partial charge in [0.25, 0.3) is 0 Å². The van der Waals surface area contributed by atoms with Gasteiger partial charge in [-0.25, -0.2) is 9.78 Å². The zero-order chi connectivity index (χ0) is 25.4. The number of nitrogens with two attached hydrogens (primary N) is 1. The van der Waals surface area contributed by atoms with Gasteiger partial charge in [0.05, 0.1) is 11.1 Å². The quantitative estimate of drug-likeness (QED) is 0.444. The van der Waals surface area contributed by atoms with Crippen molar-refractivity contribution in [3.05, 3.63) is 52.6 Å². The molecule has 1 aliphatic rings. The predicted octanol–water partition coefficient (Wildman–Crippen LogP) is 2.10. The summed E-state index contributed by atoms with van der Waals surface area (Å²) in [4.78, 5) is 31.9. The van der Waals surface area contributed by atoms with Crippen molar-refractivity contribution in [2.75, 3.05) is 44.2 Å². The van der Waals surface area contributed by atoms with E-state index >= 15 is 0 Å². The minimum absolute atomic E-state index is 0.290. The average molecular weight is 494 g/mol. The maximum atomic E-state index is 12.3. The summed E-state index contributed by atoms with van der Waals surface area (Å²) in [5.74, 6) is -0.0510. The number of primary amides is 1.